The van der Waals surface area contributed by atoms with Crippen molar-refractivity contribution in [1.29, 1.82) is 0 Å². The Morgan fingerprint density at radius 3 is 2.39 bits per heavy atom. The van der Waals surface area contributed by atoms with Crippen molar-refractivity contribution < 1.29 is 5.11 Å². The summed E-state index contributed by atoms with van der Waals surface area (Å²) in [6.07, 6.45) is 2.25. The topological polar surface area (TPSA) is 35.5 Å². The average Bonchev–Trinajstić information content (AvgIpc) is 2.86. The van der Waals surface area contributed by atoms with Crippen molar-refractivity contribution in [3.8, 4) is 0 Å². The highest BCUT2D eigenvalue weighted by Gasteiger charge is 2.32. The lowest BCUT2D eigenvalue weighted by molar-refractivity contribution is 0.0664. The molecule has 0 bridgehead atoms. The molecule has 0 aliphatic carbocycles. The highest BCUT2D eigenvalue weighted by molar-refractivity contribution is 5.20. The third-order valence-electron chi connectivity index (χ3n) is 4.42. The Kier molecular flexibility index (Phi) is 3.64. The number of aliphatic hydroxyl groups excluding tert-OH is 1. The first-order chi connectivity index (χ1) is 8.84. The third-order valence-corrected chi connectivity index (χ3v) is 4.42. The summed E-state index contributed by atoms with van der Waals surface area (Å²) in [5.41, 5.74) is 1.47. The molecule has 0 amide bonds. The molecule has 1 aromatic carbocycles. The van der Waals surface area contributed by atoms with E-state index in [9.17, 15) is 5.11 Å². The SMILES string of the molecule is O[C@H]1CNC[C@@H]1N1CCC(c2ccccc2)CC1. The van der Waals surface area contributed by atoms with Gasteiger partial charge in [-0.25, -0.2) is 0 Å². The second kappa shape index (κ2) is 5.39. The summed E-state index contributed by atoms with van der Waals surface area (Å²) in [4.78, 5) is 2.46. The fourth-order valence-electron chi connectivity index (χ4n) is 3.31. The van der Waals surface area contributed by atoms with Gasteiger partial charge < -0.3 is 10.4 Å². The molecular weight excluding hydrogens is 224 g/mol. The monoisotopic (exact) mass is 246 g/mol. The van der Waals surface area contributed by atoms with Crippen LogP contribution in [0.4, 0.5) is 0 Å². The number of β-amino-alcohol motifs (C(OH)–C–C–N with tert-alkyl or cyclic N) is 1. The molecule has 2 aliphatic rings. The summed E-state index contributed by atoms with van der Waals surface area (Å²) in [6.45, 7) is 3.92. The smallest absolute Gasteiger partial charge is 0.0831 e. The van der Waals surface area contributed by atoms with Crippen molar-refractivity contribution >= 4 is 0 Å². The summed E-state index contributed by atoms with van der Waals surface area (Å²) in [5.74, 6) is 0.703. The predicted octanol–water partition coefficient (Wildman–Crippen LogP) is 1.20. The number of nitrogens with one attached hydrogen (secondary N) is 1. The summed E-state index contributed by atoms with van der Waals surface area (Å²) in [5, 5.41) is 13.2. The number of hydrogen-bond donors (Lipinski definition) is 2. The van der Waals surface area contributed by atoms with Crippen molar-refractivity contribution in [2.24, 2.45) is 0 Å². The minimum atomic E-state index is -0.182. The van der Waals surface area contributed by atoms with Gasteiger partial charge in [-0.15, -0.1) is 0 Å². The lowest BCUT2D eigenvalue weighted by Crippen LogP contribution is -2.46. The van der Waals surface area contributed by atoms with Crippen molar-refractivity contribution in [1.82, 2.24) is 10.2 Å². The van der Waals surface area contributed by atoms with Gasteiger partial charge in [-0.2, -0.15) is 0 Å². The fourth-order valence-corrected chi connectivity index (χ4v) is 3.31. The second-order valence-electron chi connectivity index (χ2n) is 5.51. The van der Waals surface area contributed by atoms with Crippen LogP contribution in [-0.2, 0) is 0 Å². The third kappa shape index (κ3) is 2.44. The van der Waals surface area contributed by atoms with E-state index in [0.29, 0.717) is 12.0 Å². The number of benzene rings is 1. The van der Waals surface area contributed by atoms with E-state index in [0.717, 1.165) is 26.2 Å². The summed E-state index contributed by atoms with van der Waals surface area (Å²) in [7, 11) is 0. The molecule has 0 saturated carbocycles. The fraction of sp³-hybridized carbons (Fsp3) is 0.600. The van der Waals surface area contributed by atoms with E-state index in [1.54, 1.807) is 0 Å². The normalized spacial score (nSPS) is 30.7. The number of hydrogen-bond acceptors (Lipinski definition) is 3. The first-order valence-corrected chi connectivity index (χ1v) is 7.02. The largest absolute Gasteiger partial charge is 0.390 e. The second-order valence-corrected chi connectivity index (χ2v) is 5.51. The molecule has 0 aromatic heterocycles. The van der Waals surface area contributed by atoms with E-state index < -0.39 is 0 Å². The van der Waals surface area contributed by atoms with Crippen molar-refractivity contribution in [3.63, 3.8) is 0 Å². The average molecular weight is 246 g/mol. The van der Waals surface area contributed by atoms with E-state index in [-0.39, 0.29) is 6.10 Å². The molecule has 0 unspecified atom stereocenters. The Balaban J connectivity index is 1.58. The molecule has 98 valence electrons. The molecule has 3 nitrogen and oxygen atoms in total. The predicted molar refractivity (Wildman–Crippen MR) is 72.7 cm³/mol. The molecule has 3 rings (SSSR count). The number of aliphatic hydroxyl groups is 1. The first-order valence-electron chi connectivity index (χ1n) is 7.02. The molecule has 2 aliphatic heterocycles. The van der Waals surface area contributed by atoms with Crippen LogP contribution in [0.25, 0.3) is 0 Å². The number of piperidine rings is 1. The van der Waals surface area contributed by atoms with Gasteiger partial charge in [0, 0.05) is 19.1 Å². The van der Waals surface area contributed by atoms with Gasteiger partial charge in [0.15, 0.2) is 0 Å². The summed E-state index contributed by atoms with van der Waals surface area (Å²) >= 11 is 0. The Morgan fingerprint density at radius 2 is 1.78 bits per heavy atom. The van der Waals surface area contributed by atoms with Crippen LogP contribution in [0.1, 0.15) is 24.3 Å². The zero-order valence-electron chi connectivity index (χ0n) is 10.8. The number of rotatable bonds is 2. The maximum Gasteiger partial charge on any atom is 0.0831 e. The van der Waals surface area contributed by atoms with Crippen LogP contribution in [-0.4, -0.2) is 48.3 Å². The van der Waals surface area contributed by atoms with E-state index in [4.69, 9.17) is 0 Å². The van der Waals surface area contributed by atoms with Crippen molar-refractivity contribution in [2.75, 3.05) is 26.2 Å². The van der Waals surface area contributed by atoms with E-state index >= 15 is 0 Å². The van der Waals surface area contributed by atoms with Crippen LogP contribution in [0.15, 0.2) is 30.3 Å². The Morgan fingerprint density at radius 1 is 1.06 bits per heavy atom. The molecule has 0 radical (unpaired) electrons. The molecule has 2 saturated heterocycles. The molecule has 2 heterocycles. The van der Waals surface area contributed by atoms with Crippen LogP contribution >= 0.6 is 0 Å². The highest BCUT2D eigenvalue weighted by atomic mass is 16.3. The van der Waals surface area contributed by atoms with Crippen LogP contribution in [0.5, 0.6) is 0 Å². The molecule has 3 heteroatoms. The maximum absolute atomic E-state index is 9.92. The van der Waals surface area contributed by atoms with Crippen molar-refractivity contribution in [3.05, 3.63) is 35.9 Å². The zero-order valence-corrected chi connectivity index (χ0v) is 10.8. The highest BCUT2D eigenvalue weighted by Crippen LogP contribution is 2.29. The van der Waals surface area contributed by atoms with Gasteiger partial charge in [0.05, 0.1) is 6.10 Å². The summed E-state index contributed by atoms with van der Waals surface area (Å²) < 4.78 is 0. The van der Waals surface area contributed by atoms with Gasteiger partial charge in [0.1, 0.15) is 0 Å². The van der Waals surface area contributed by atoms with Gasteiger partial charge in [-0.05, 0) is 37.4 Å². The van der Waals surface area contributed by atoms with E-state index in [1.165, 1.54) is 18.4 Å². The van der Waals surface area contributed by atoms with Crippen LogP contribution < -0.4 is 5.32 Å². The standard InChI is InChI=1S/C15H22N2O/c18-15-11-16-10-14(15)17-8-6-13(7-9-17)12-4-2-1-3-5-12/h1-5,13-16,18H,6-11H2/t14-,15-/m0/s1. The lowest BCUT2D eigenvalue weighted by Gasteiger charge is -2.37. The Hall–Kier alpha value is -0.900. The summed E-state index contributed by atoms with van der Waals surface area (Å²) in [6, 6.07) is 11.2. The van der Waals surface area contributed by atoms with Gasteiger partial charge in [-0.3, -0.25) is 4.90 Å². The molecule has 2 atom stereocenters. The van der Waals surface area contributed by atoms with Gasteiger partial charge >= 0.3 is 0 Å². The molecule has 2 fully saturated rings. The van der Waals surface area contributed by atoms with Gasteiger partial charge in [0.2, 0.25) is 0 Å². The molecule has 2 N–H and O–H groups in total. The Bertz CT molecular complexity index is 373. The zero-order chi connectivity index (χ0) is 12.4. The number of nitrogens with zero attached hydrogens (tertiary/aromatic N) is 1. The van der Waals surface area contributed by atoms with Gasteiger partial charge in [0.25, 0.3) is 0 Å². The lowest BCUT2D eigenvalue weighted by atomic mass is 9.89. The van der Waals surface area contributed by atoms with E-state index in [1.807, 2.05) is 0 Å². The quantitative estimate of drug-likeness (QED) is 0.823. The van der Waals surface area contributed by atoms with Crippen molar-refractivity contribution in [2.45, 2.75) is 30.9 Å². The Labute approximate surface area is 109 Å². The minimum absolute atomic E-state index is 0.182. The molecule has 0 spiro atoms. The van der Waals surface area contributed by atoms with Crippen LogP contribution in [0.2, 0.25) is 0 Å². The van der Waals surface area contributed by atoms with Crippen LogP contribution in [0, 0.1) is 0 Å². The maximum atomic E-state index is 9.92. The molecular formula is C15H22N2O. The molecule has 1 aromatic rings. The first kappa shape index (κ1) is 12.2. The minimum Gasteiger partial charge on any atom is -0.390 e. The van der Waals surface area contributed by atoms with Crippen LogP contribution in [0.3, 0.4) is 0 Å². The van der Waals surface area contributed by atoms with Gasteiger partial charge in [-0.1, -0.05) is 30.3 Å². The van der Waals surface area contributed by atoms with E-state index in [2.05, 4.69) is 40.5 Å². The molecule has 18 heavy (non-hydrogen) atoms. The number of likely N-dealkylation sites (tertiary alicyclic amines) is 1.